The summed E-state index contributed by atoms with van der Waals surface area (Å²) in [6, 6.07) is 0. The minimum Gasteiger partial charge on any atom is -0.481 e. The summed E-state index contributed by atoms with van der Waals surface area (Å²) in [5, 5.41) is 49.5. The van der Waals surface area contributed by atoms with E-state index in [2.05, 4.69) is 53.4 Å². The number of aliphatic hydroxyl groups excluding tert-OH is 2. The first kappa shape index (κ1) is 71.1. The number of Topliss-reactive ketones (excluding diaryl/α,β-unsaturated/α-hetero) is 2. The van der Waals surface area contributed by atoms with Crippen molar-refractivity contribution in [3.05, 3.63) is 0 Å². The van der Waals surface area contributed by atoms with Gasteiger partial charge in [-0.25, -0.2) is 0 Å². The first-order valence-corrected chi connectivity index (χ1v) is 33.3. The van der Waals surface area contributed by atoms with Gasteiger partial charge < -0.3 is 49.5 Å². The number of rotatable bonds is 12. The lowest BCUT2D eigenvalue weighted by Gasteiger charge is -2.61. The molecule has 3 heterocycles. The molecule has 3 aliphatic heterocycles. The fraction of sp³-hybridized carbons (Fsp3) is 0.939. The minimum atomic E-state index is -0.750. The SMILES string of the molecule is C.CC1(C)OCC(CN2CCC(C(=O)O)CC2)O1.C[C@@]1(O)CC[C@@]2(C)C(CC[C@@H]3C2CC[C@]2(C)[C@@H](C(=O)CBr)CC[C@@H]32)C1.C[C@@]1(O)CC[C@@]2(C)C(CC[C@@H]3C2CC[C@]2(C)[C@@H](C(=O)COC(=O)C4CCN(CC(O)CO)CC4)CC[C@@H]32)C1.Cl.Cl. The number of carbonyl (C=O) groups is 4. The van der Waals surface area contributed by atoms with Crippen LogP contribution in [0.25, 0.3) is 0 Å². The number of ether oxygens (including phenoxy) is 3. The number of carbonyl (C=O) groups excluding carboxylic acids is 3. The van der Waals surface area contributed by atoms with Crippen LogP contribution in [0.2, 0.25) is 0 Å². The molecular formula is C66H113BrCl2N2O12. The molecule has 11 aliphatic rings. The first-order chi connectivity index (χ1) is 37.6. The van der Waals surface area contributed by atoms with Gasteiger partial charge in [-0.1, -0.05) is 51.1 Å². The maximum Gasteiger partial charge on any atom is 0.309 e. The Labute approximate surface area is 520 Å². The van der Waals surface area contributed by atoms with Crippen LogP contribution in [0.4, 0.5) is 0 Å². The second kappa shape index (κ2) is 28.0. The van der Waals surface area contributed by atoms with Gasteiger partial charge in [0.15, 0.2) is 11.6 Å². The Balaban J connectivity index is 0.000000212. The average molecular weight is 1280 g/mol. The van der Waals surface area contributed by atoms with Crippen molar-refractivity contribution in [2.24, 2.45) is 92.7 Å². The number of carboxylic acid groups (broad SMARTS) is 1. The molecule has 3 saturated heterocycles. The molecule has 0 spiro atoms. The zero-order chi connectivity index (χ0) is 57.8. The molecule has 17 heteroatoms. The number of β-amino-alcohol motifs (C(OH)–C–C–N with tert-alkyl or cyclic N) is 1. The van der Waals surface area contributed by atoms with E-state index in [-0.39, 0.29) is 97.8 Å². The zero-order valence-corrected chi connectivity index (χ0v) is 54.6. The van der Waals surface area contributed by atoms with E-state index in [9.17, 15) is 34.5 Å². The van der Waals surface area contributed by atoms with Crippen molar-refractivity contribution in [2.75, 3.05) is 64.4 Å². The molecule has 0 aromatic heterocycles. The molecule has 480 valence electrons. The van der Waals surface area contributed by atoms with Crippen LogP contribution in [0.15, 0.2) is 0 Å². The number of likely N-dealkylation sites (tertiary alicyclic amines) is 2. The van der Waals surface area contributed by atoms with E-state index in [1.165, 1.54) is 57.8 Å². The molecular weight excluding hydrogens is 1160 g/mol. The first-order valence-electron chi connectivity index (χ1n) is 32.1. The molecule has 83 heavy (non-hydrogen) atoms. The highest BCUT2D eigenvalue weighted by atomic mass is 79.9. The smallest absolute Gasteiger partial charge is 0.309 e. The lowest BCUT2D eigenvalue weighted by atomic mass is 9.44. The third-order valence-corrected chi connectivity index (χ3v) is 25.8. The number of hydrogen-bond acceptors (Lipinski definition) is 13. The van der Waals surface area contributed by atoms with Crippen LogP contribution in [-0.4, -0.2) is 152 Å². The molecule has 11 rings (SSSR count). The number of halogens is 3. The van der Waals surface area contributed by atoms with Gasteiger partial charge in [0, 0.05) is 24.9 Å². The maximum absolute atomic E-state index is 13.5. The monoisotopic (exact) mass is 1270 g/mol. The molecule has 0 radical (unpaired) electrons. The number of esters is 1. The van der Waals surface area contributed by atoms with Crippen LogP contribution < -0.4 is 0 Å². The van der Waals surface area contributed by atoms with E-state index >= 15 is 0 Å². The van der Waals surface area contributed by atoms with Gasteiger partial charge in [0.05, 0.1) is 53.8 Å². The van der Waals surface area contributed by atoms with Crippen molar-refractivity contribution in [1.82, 2.24) is 9.80 Å². The summed E-state index contributed by atoms with van der Waals surface area (Å²) in [6.07, 6.45) is 22.6. The Bertz CT molecular complexity index is 2190. The van der Waals surface area contributed by atoms with Crippen molar-refractivity contribution in [2.45, 2.75) is 233 Å². The zero-order valence-electron chi connectivity index (χ0n) is 51.4. The summed E-state index contributed by atoms with van der Waals surface area (Å²) < 4.78 is 16.9. The van der Waals surface area contributed by atoms with Gasteiger partial charge in [0.2, 0.25) is 0 Å². The van der Waals surface area contributed by atoms with Crippen molar-refractivity contribution < 1.29 is 58.9 Å². The molecule has 5 N–H and O–H groups in total. The molecule has 0 bridgehead atoms. The van der Waals surface area contributed by atoms with Crippen molar-refractivity contribution in [3.8, 4) is 0 Å². The lowest BCUT2D eigenvalue weighted by molar-refractivity contribution is -0.159. The third kappa shape index (κ3) is 15.1. The van der Waals surface area contributed by atoms with Crippen LogP contribution in [-0.2, 0) is 33.4 Å². The number of aliphatic carboxylic acids is 1. The largest absolute Gasteiger partial charge is 0.481 e. The van der Waals surface area contributed by atoms with Gasteiger partial charge in [-0.15, -0.1) is 24.8 Å². The van der Waals surface area contributed by atoms with Crippen LogP contribution >= 0.6 is 40.7 Å². The number of fused-ring (bicyclic) bond motifs is 10. The van der Waals surface area contributed by atoms with Gasteiger partial charge in [-0.05, 0) is 264 Å². The molecule has 11 fully saturated rings. The lowest BCUT2D eigenvalue weighted by Crippen LogP contribution is -2.55. The Morgan fingerprint density at radius 1 is 0.590 bits per heavy atom. The summed E-state index contributed by atoms with van der Waals surface area (Å²) in [5.41, 5.74) is 0.0327. The maximum atomic E-state index is 13.5. The third-order valence-electron chi connectivity index (χ3n) is 25.2. The quantitative estimate of drug-likeness (QED) is 0.0912. The minimum absolute atomic E-state index is 0. The Morgan fingerprint density at radius 3 is 1.49 bits per heavy atom. The van der Waals surface area contributed by atoms with Crippen LogP contribution in [0.1, 0.15) is 204 Å². The van der Waals surface area contributed by atoms with Crippen molar-refractivity contribution >= 4 is 64.2 Å². The number of hydrogen-bond donors (Lipinski definition) is 5. The highest BCUT2D eigenvalue weighted by molar-refractivity contribution is 9.09. The number of ketones is 2. The summed E-state index contributed by atoms with van der Waals surface area (Å²) in [5.74, 6) is 4.72. The van der Waals surface area contributed by atoms with Crippen molar-refractivity contribution in [1.29, 1.82) is 0 Å². The van der Waals surface area contributed by atoms with Crippen molar-refractivity contribution in [3.63, 3.8) is 0 Å². The molecule has 0 amide bonds. The van der Waals surface area contributed by atoms with Gasteiger partial charge in [-0.2, -0.15) is 0 Å². The van der Waals surface area contributed by atoms with Crippen LogP contribution in [0.5, 0.6) is 0 Å². The summed E-state index contributed by atoms with van der Waals surface area (Å²) in [7, 11) is 0. The fourth-order valence-corrected chi connectivity index (χ4v) is 21.0. The number of nitrogens with zero attached hydrogens (tertiary/aromatic N) is 2. The Morgan fingerprint density at radius 2 is 1.05 bits per heavy atom. The van der Waals surface area contributed by atoms with E-state index in [0.717, 1.165) is 108 Å². The van der Waals surface area contributed by atoms with Gasteiger partial charge >= 0.3 is 11.9 Å². The normalized spacial score (nSPS) is 43.3. The summed E-state index contributed by atoms with van der Waals surface area (Å²) in [4.78, 5) is 53.9. The predicted molar refractivity (Wildman–Crippen MR) is 332 cm³/mol. The number of aliphatic hydroxyl groups is 4. The number of carboxylic acids is 1. The highest BCUT2D eigenvalue weighted by Crippen LogP contribution is 2.70. The summed E-state index contributed by atoms with van der Waals surface area (Å²) >= 11 is 3.43. The Hall–Kier alpha value is -0.980. The van der Waals surface area contributed by atoms with E-state index in [0.29, 0.717) is 90.6 Å². The number of piperidine rings is 2. The van der Waals surface area contributed by atoms with E-state index in [4.69, 9.17) is 24.4 Å². The van der Waals surface area contributed by atoms with Gasteiger partial charge in [-0.3, -0.25) is 19.2 Å². The van der Waals surface area contributed by atoms with Crippen LogP contribution in [0, 0.1) is 92.7 Å². The molecule has 6 unspecified atom stereocenters. The second-order valence-electron chi connectivity index (χ2n) is 30.5. The predicted octanol–water partition coefficient (Wildman–Crippen LogP) is 11.3. The Kier molecular flexibility index (Phi) is 24.0. The fourth-order valence-electron chi connectivity index (χ4n) is 20.6. The topological polar surface area (TPSA) is 204 Å². The van der Waals surface area contributed by atoms with E-state index in [1.807, 2.05) is 27.7 Å². The molecule has 8 aliphatic carbocycles. The summed E-state index contributed by atoms with van der Waals surface area (Å²) in [6.45, 7) is 22.3. The molecule has 14 nitrogen and oxygen atoms in total. The molecule has 18 atom stereocenters. The number of alkyl halides is 1. The van der Waals surface area contributed by atoms with Crippen LogP contribution in [0.3, 0.4) is 0 Å². The highest BCUT2D eigenvalue weighted by Gasteiger charge is 2.64. The average Bonchev–Trinajstić information content (AvgIpc) is 2.06. The van der Waals surface area contributed by atoms with E-state index < -0.39 is 29.1 Å². The van der Waals surface area contributed by atoms with Gasteiger partial charge in [0.25, 0.3) is 0 Å². The standard InChI is InChI=1S/C31H51NO6.C22H35BrO2.C12H21NO4.CH4.2ClH/c1-29(37)12-13-30(2)21(16-29)4-5-23-24-6-7-26(31(24,3)11-8-25(23)30)27(35)19-38-28(36)20-9-14-32(15-10-20)17-22(34)18-33;1-20(25)10-11-21(2)14(12-20)4-5-15-16-6-7-18(19(24)13-23)22(16,3)9-8-17(15)21;1-12(2)16-8-10(17-12)7-13-5-3-9(4-6-13)11(14)15;;;/h20-26,33-34,37H,4-19H2,1-3H3;14-18,25H,4-13H2,1-3H3;9-10H,3-8H2,1-2H3,(H,14,15);1H4;2*1H/t21?,22?,23-,24-,25?,26+,29+,30-,31-;14?,15-,16-,17?,18+,20+,21-,22-;;;;/m00..../s1. The second-order valence-corrected chi connectivity index (χ2v) is 31.1. The molecule has 0 aromatic carbocycles. The molecule has 0 aromatic rings. The molecule has 8 saturated carbocycles. The van der Waals surface area contributed by atoms with Gasteiger partial charge in [0.1, 0.15) is 12.4 Å². The van der Waals surface area contributed by atoms with E-state index in [1.54, 1.807) is 0 Å².